The van der Waals surface area contributed by atoms with Crippen molar-refractivity contribution in [2.24, 2.45) is 0 Å². The number of likely N-dealkylation sites (tertiary alicyclic amines) is 1. The molecule has 0 saturated carbocycles. The van der Waals surface area contributed by atoms with Crippen LogP contribution in [-0.4, -0.2) is 36.2 Å². The van der Waals surface area contributed by atoms with Crippen molar-refractivity contribution in [1.82, 2.24) is 4.90 Å². The summed E-state index contributed by atoms with van der Waals surface area (Å²) in [6, 6.07) is 7.69. The largest absolute Gasteiger partial charge is 0.494 e. The molecule has 100 valence electrons. The third kappa shape index (κ3) is 4.00. The van der Waals surface area contributed by atoms with E-state index in [0.717, 1.165) is 30.9 Å². The minimum Gasteiger partial charge on any atom is -0.494 e. The summed E-state index contributed by atoms with van der Waals surface area (Å²) in [7, 11) is 0. The first-order valence-corrected chi connectivity index (χ1v) is 6.89. The van der Waals surface area contributed by atoms with Crippen molar-refractivity contribution < 1.29 is 9.84 Å². The Labute approximate surface area is 109 Å². The lowest BCUT2D eigenvalue weighted by molar-refractivity contribution is 0.199. The average Bonchev–Trinajstić information content (AvgIpc) is 2.88. The van der Waals surface area contributed by atoms with Gasteiger partial charge in [-0.2, -0.15) is 0 Å². The predicted molar refractivity (Wildman–Crippen MR) is 72.9 cm³/mol. The highest BCUT2D eigenvalue weighted by atomic mass is 16.5. The van der Waals surface area contributed by atoms with E-state index >= 15 is 0 Å². The molecule has 1 heterocycles. The molecule has 3 nitrogen and oxygen atoms in total. The van der Waals surface area contributed by atoms with Gasteiger partial charge in [0, 0.05) is 6.54 Å². The normalized spacial score (nSPS) is 17.9. The Kier molecular flexibility index (Phi) is 5.02. The molecule has 3 heteroatoms. The first kappa shape index (κ1) is 13.4. The van der Waals surface area contributed by atoms with E-state index in [-0.39, 0.29) is 0 Å². The molecule has 0 unspecified atom stereocenters. The topological polar surface area (TPSA) is 32.7 Å². The molecule has 0 spiro atoms. The number of ether oxygens (including phenoxy) is 1. The molecule has 1 atom stereocenters. The van der Waals surface area contributed by atoms with E-state index in [1.165, 1.54) is 25.9 Å². The smallest absolute Gasteiger partial charge is 0.119 e. The van der Waals surface area contributed by atoms with Crippen molar-refractivity contribution in [3.8, 4) is 5.75 Å². The maximum Gasteiger partial charge on any atom is 0.119 e. The number of nitrogens with zero attached hydrogens (tertiary/aromatic N) is 1. The number of aliphatic hydroxyl groups is 1. The average molecular weight is 249 g/mol. The number of hydrogen-bond donors (Lipinski definition) is 1. The van der Waals surface area contributed by atoms with Crippen molar-refractivity contribution >= 4 is 0 Å². The summed E-state index contributed by atoms with van der Waals surface area (Å²) in [5.74, 6) is 0.890. The summed E-state index contributed by atoms with van der Waals surface area (Å²) in [5.41, 5.74) is 0.930. The van der Waals surface area contributed by atoms with Gasteiger partial charge in [0.1, 0.15) is 5.75 Å². The first-order chi connectivity index (χ1) is 8.75. The molecule has 1 aromatic carbocycles. The molecule has 0 aliphatic carbocycles. The first-order valence-electron chi connectivity index (χ1n) is 6.89. The molecule has 2 rings (SSSR count). The lowest BCUT2D eigenvalue weighted by atomic mass is 10.1. The third-order valence-electron chi connectivity index (χ3n) is 3.45. The second kappa shape index (κ2) is 6.76. The summed E-state index contributed by atoms with van der Waals surface area (Å²) < 4.78 is 5.69. The van der Waals surface area contributed by atoms with Gasteiger partial charge in [0.25, 0.3) is 0 Å². The quantitative estimate of drug-likeness (QED) is 0.787. The summed E-state index contributed by atoms with van der Waals surface area (Å²) in [6.45, 7) is 6.19. The van der Waals surface area contributed by atoms with E-state index in [0.29, 0.717) is 0 Å². The minimum atomic E-state index is -0.408. The Morgan fingerprint density at radius 1 is 1.22 bits per heavy atom. The van der Waals surface area contributed by atoms with Crippen LogP contribution in [0.5, 0.6) is 5.75 Å². The summed E-state index contributed by atoms with van der Waals surface area (Å²) in [6.07, 6.45) is 3.37. The van der Waals surface area contributed by atoms with Gasteiger partial charge in [-0.25, -0.2) is 0 Å². The molecule has 0 amide bonds. The van der Waals surface area contributed by atoms with Crippen molar-refractivity contribution in [3.63, 3.8) is 0 Å². The molecule has 1 aliphatic rings. The lowest BCUT2D eigenvalue weighted by Gasteiger charge is -2.14. The van der Waals surface area contributed by atoms with E-state index in [2.05, 4.69) is 4.90 Å². The number of benzene rings is 1. The van der Waals surface area contributed by atoms with Crippen LogP contribution in [0.2, 0.25) is 0 Å². The van der Waals surface area contributed by atoms with Gasteiger partial charge in [-0.15, -0.1) is 0 Å². The van der Waals surface area contributed by atoms with Crippen molar-refractivity contribution in [2.45, 2.75) is 32.3 Å². The maximum absolute atomic E-state index is 9.40. The molecular weight excluding hydrogens is 226 g/mol. The fraction of sp³-hybridized carbons (Fsp3) is 0.600. The van der Waals surface area contributed by atoms with Crippen LogP contribution in [0.15, 0.2) is 24.3 Å². The second-order valence-corrected chi connectivity index (χ2v) is 5.00. The Balaban J connectivity index is 1.66. The minimum absolute atomic E-state index is 0.408. The fourth-order valence-corrected chi connectivity index (χ4v) is 2.33. The molecule has 0 aromatic heterocycles. The number of rotatable bonds is 6. The molecule has 1 N–H and O–H groups in total. The zero-order valence-electron chi connectivity index (χ0n) is 11.1. The van der Waals surface area contributed by atoms with Crippen LogP contribution in [0.4, 0.5) is 0 Å². The highest BCUT2D eigenvalue weighted by Gasteiger charge is 2.10. The predicted octanol–water partition coefficient (Wildman–Crippen LogP) is 2.60. The highest BCUT2D eigenvalue weighted by Crippen LogP contribution is 2.17. The second-order valence-electron chi connectivity index (χ2n) is 5.00. The Morgan fingerprint density at radius 2 is 1.89 bits per heavy atom. The molecule has 1 aromatic rings. The van der Waals surface area contributed by atoms with Crippen LogP contribution in [0.3, 0.4) is 0 Å². The van der Waals surface area contributed by atoms with Gasteiger partial charge in [-0.05, 0) is 57.0 Å². The summed E-state index contributed by atoms with van der Waals surface area (Å²) in [5, 5.41) is 9.40. The summed E-state index contributed by atoms with van der Waals surface area (Å²) >= 11 is 0. The summed E-state index contributed by atoms with van der Waals surface area (Å²) in [4.78, 5) is 2.50. The molecular formula is C15H23NO2. The van der Waals surface area contributed by atoms with Gasteiger partial charge in [0.05, 0.1) is 12.7 Å². The fourth-order valence-electron chi connectivity index (χ4n) is 2.33. The maximum atomic E-state index is 9.40. The molecule has 1 aliphatic heterocycles. The number of aliphatic hydroxyl groups excluding tert-OH is 1. The van der Waals surface area contributed by atoms with Gasteiger partial charge >= 0.3 is 0 Å². The van der Waals surface area contributed by atoms with Crippen molar-refractivity contribution in [1.29, 1.82) is 0 Å². The van der Waals surface area contributed by atoms with E-state index in [4.69, 9.17) is 4.74 Å². The van der Waals surface area contributed by atoms with Gasteiger partial charge in [0.2, 0.25) is 0 Å². The van der Waals surface area contributed by atoms with Gasteiger partial charge in [0.15, 0.2) is 0 Å². The van der Waals surface area contributed by atoms with Crippen LogP contribution < -0.4 is 4.74 Å². The molecule has 1 saturated heterocycles. The SMILES string of the molecule is C[C@@H](O)c1ccc(OCCCN2CCCC2)cc1. The van der Waals surface area contributed by atoms with Crippen molar-refractivity contribution in [2.75, 3.05) is 26.2 Å². The van der Waals surface area contributed by atoms with E-state index in [1.54, 1.807) is 6.92 Å². The monoisotopic (exact) mass is 249 g/mol. The molecule has 0 bridgehead atoms. The van der Waals surface area contributed by atoms with Crippen LogP contribution in [0.1, 0.15) is 37.9 Å². The molecule has 0 radical (unpaired) electrons. The Bertz CT molecular complexity index is 342. The Hall–Kier alpha value is -1.06. The Morgan fingerprint density at radius 3 is 2.50 bits per heavy atom. The van der Waals surface area contributed by atoms with Crippen LogP contribution in [-0.2, 0) is 0 Å². The number of hydrogen-bond acceptors (Lipinski definition) is 3. The van der Waals surface area contributed by atoms with E-state index in [1.807, 2.05) is 24.3 Å². The zero-order valence-corrected chi connectivity index (χ0v) is 11.1. The van der Waals surface area contributed by atoms with Crippen LogP contribution in [0, 0.1) is 0 Å². The standard InChI is InChI=1S/C15H23NO2/c1-13(17)14-5-7-15(8-6-14)18-12-4-11-16-9-2-3-10-16/h5-8,13,17H,2-4,9-12H2,1H3/t13-/m1/s1. The van der Waals surface area contributed by atoms with Gasteiger partial charge in [-0.3, -0.25) is 0 Å². The van der Waals surface area contributed by atoms with E-state index in [9.17, 15) is 5.11 Å². The molecule has 18 heavy (non-hydrogen) atoms. The zero-order chi connectivity index (χ0) is 12.8. The third-order valence-corrected chi connectivity index (χ3v) is 3.45. The van der Waals surface area contributed by atoms with Crippen LogP contribution >= 0.6 is 0 Å². The van der Waals surface area contributed by atoms with Gasteiger partial charge in [-0.1, -0.05) is 12.1 Å². The lowest BCUT2D eigenvalue weighted by Crippen LogP contribution is -2.21. The van der Waals surface area contributed by atoms with Gasteiger partial charge < -0.3 is 14.7 Å². The molecule has 1 fully saturated rings. The van der Waals surface area contributed by atoms with Crippen LogP contribution in [0.25, 0.3) is 0 Å². The van der Waals surface area contributed by atoms with E-state index < -0.39 is 6.10 Å². The van der Waals surface area contributed by atoms with Crippen molar-refractivity contribution in [3.05, 3.63) is 29.8 Å². The highest BCUT2D eigenvalue weighted by molar-refractivity contribution is 5.28.